The lowest BCUT2D eigenvalue weighted by molar-refractivity contribution is 0.673. The summed E-state index contributed by atoms with van der Waals surface area (Å²) in [6, 6.07) is 54.0. The number of nitrogens with zero attached hydrogens (tertiary/aromatic N) is 1. The van der Waals surface area contributed by atoms with Crippen molar-refractivity contribution in [2.24, 2.45) is 0 Å². The van der Waals surface area contributed by atoms with Crippen molar-refractivity contribution in [2.75, 3.05) is 4.90 Å². The maximum absolute atomic E-state index is 6.66. The number of fused-ring (bicyclic) bond motifs is 10. The Kier molecular flexibility index (Phi) is 5.40. The van der Waals surface area contributed by atoms with Gasteiger partial charge in [0.25, 0.3) is 0 Å². The fraction of sp³-hybridized carbons (Fsp3) is 0. The highest BCUT2D eigenvalue weighted by molar-refractivity contribution is 7.27. The van der Waals surface area contributed by atoms with Crippen LogP contribution in [0.2, 0.25) is 0 Å². The van der Waals surface area contributed by atoms with Crippen molar-refractivity contribution in [1.29, 1.82) is 0 Å². The third-order valence-electron chi connectivity index (χ3n) is 8.44. The number of thiophene rings is 1. The van der Waals surface area contributed by atoms with Crippen LogP contribution in [-0.2, 0) is 0 Å². The molecule has 2 aromatic heterocycles. The smallest absolute Gasteiger partial charge is 0.145 e. The molecule has 0 unspecified atom stereocenters. The van der Waals surface area contributed by atoms with Gasteiger partial charge >= 0.3 is 0 Å². The van der Waals surface area contributed by atoms with Crippen LogP contribution in [0.1, 0.15) is 0 Å². The number of hydrogen-bond donors (Lipinski definition) is 0. The summed E-state index contributed by atoms with van der Waals surface area (Å²) >= 11 is 1.85. The van der Waals surface area contributed by atoms with Crippen LogP contribution >= 0.6 is 11.3 Å². The van der Waals surface area contributed by atoms with Gasteiger partial charge in [-0.1, -0.05) is 103 Å². The Morgan fingerprint density at radius 2 is 1.05 bits per heavy atom. The fourth-order valence-electron chi connectivity index (χ4n) is 6.49. The highest BCUT2D eigenvalue weighted by Crippen LogP contribution is 2.48. The average molecular weight is 568 g/mol. The molecule has 0 amide bonds. The molecule has 0 saturated carbocycles. The Hall–Kier alpha value is -5.38. The molecule has 202 valence electrons. The largest absolute Gasteiger partial charge is 0.455 e. The third-order valence-corrected chi connectivity index (χ3v) is 9.64. The Balaban J connectivity index is 1.30. The third kappa shape index (κ3) is 3.79. The number of benzene rings is 7. The average Bonchev–Trinajstić information content (AvgIpc) is 3.65. The minimum absolute atomic E-state index is 0.926. The molecule has 0 aliphatic rings. The lowest BCUT2D eigenvalue weighted by Crippen LogP contribution is -2.09. The molecule has 0 saturated heterocycles. The van der Waals surface area contributed by atoms with E-state index in [2.05, 4.69) is 157 Å². The van der Waals surface area contributed by atoms with Crippen LogP contribution in [0, 0.1) is 0 Å². The number of furan rings is 1. The van der Waals surface area contributed by atoms with Crippen molar-refractivity contribution in [1.82, 2.24) is 0 Å². The molecule has 2 nitrogen and oxygen atoms in total. The van der Waals surface area contributed by atoms with Crippen LogP contribution in [-0.4, -0.2) is 0 Å². The van der Waals surface area contributed by atoms with Gasteiger partial charge < -0.3 is 9.32 Å². The number of hydrogen-bond acceptors (Lipinski definition) is 3. The lowest BCUT2D eigenvalue weighted by atomic mass is 9.99. The van der Waals surface area contributed by atoms with Crippen molar-refractivity contribution in [3.63, 3.8) is 0 Å². The van der Waals surface area contributed by atoms with Crippen LogP contribution in [0.5, 0.6) is 0 Å². The monoisotopic (exact) mass is 567 g/mol. The van der Waals surface area contributed by atoms with Crippen LogP contribution < -0.4 is 4.90 Å². The van der Waals surface area contributed by atoms with E-state index in [-0.39, 0.29) is 0 Å². The highest BCUT2D eigenvalue weighted by Gasteiger charge is 2.21. The molecule has 0 N–H and O–H groups in total. The maximum Gasteiger partial charge on any atom is 0.145 e. The molecule has 0 aliphatic heterocycles. The van der Waals surface area contributed by atoms with Gasteiger partial charge in [0.2, 0.25) is 0 Å². The van der Waals surface area contributed by atoms with Crippen molar-refractivity contribution in [2.45, 2.75) is 0 Å². The topological polar surface area (TPSA) is 16.4 Å². The predicted octanol–water partition coefficient (Wildman–Crippen LogP) is 12.2. The summed E-state index contributed by atoms with van der Waals surface area (Å²) in [5.74, 6) is 0. The molecule has 2 heterocycles. The second-order valence-electron chi connectivity index (χ2n) is 10.9. The van der Waals surface area contributed by atoms with Crippen molar-refractivity contribution in [3.8, 4) is 11.1 Å². The zero-order valence-electron chi connectivity index (χ0n) is 23.2. The molecular weight excluding hydrogens is 543 g/mol. The molecule has 0 aliphatic carbocycles. The van der Waals surface area contributed by atoms with Gasteiger partial charge in [-0.3, -0.25) is 0 Å². The first-order chi connectivity index (χ1) is 21.3. The van der Waals surface area contributed by atoms with Crippen LogP contribution in [0.4, 0.5) is 17.1 Å². The van der Waals surface area contributed by atoms with Crippen molar-refractivity contribution < 1.29 is 4.42 Å². The van der Waals surface area contributed by atoms with Gasteiger partial charge in [0.15, 0.2) is 0 Å². The molecule has 0 spiro atoms. The van der Waals surface area contributed by atoms with Gasteiger partial charge in [-0.2, -0.15) is 0 Å². The zero-order valence-corrected chi connectivity index (χ0v) is 24.0. The quantitative estimate of drug-likeness (QED) is 0.210. The normalized spacial score (nSPS) is 11.7. The van der Waals surface area contributed by atoms with E-state index >= 15 is 0 Å². The Labute approximate surface area is 252 Å². The minimum Gasteiger partial charge on any atom is -0.455 e. The van der Waals surface area contributed by atoms with Gasteiger partial charge in [0, 0.05) is 53.4 Å². The molecule has 0 atom stereocenters. The highest BCUT2D eigenvalue weighted by atomic mass is 32.1. The zero-order chi connectivity index (χ0) is 28.3. The van der Waals surface area contributed by atoms with Crippen molar-refractivity contribution in [3.05, 3.63) is 152 Å². The Morgan fingerprint density at radius 1 is 0.442 bits per heavy atom. The summed E-state index contributed by atoms with van der Waals surface area (Å²) < 4.78 is 9.18. The summed E-state index contributed by atoms with van der Waals surface area (Å²) in [6.07, 6.45) is 0. The standard InChI is InChI=1S/C40H25NOS/c1-3-11-26(12-4-1)27-19-21-29(22-20-27)41(28-13-5-2-6-14-28)30-23-24-36-34(25-30)38-39-37(33-17-9-10-18-35(33)42-39)31-15-7-8-16-32(31)40(38)43-36/h1-25H. The van der Waals surface area contributed by atoms with E-state index in [1.54, 1.807) is 0 Å². The summed E-state index contributed by atoms with van der Waals surface area (Å²) in [6.45, 7) is 0. The van der Waals surface area contributed by atoms with Crippen LogP contribution in [0.15, 0.2) is 156 Å². The molecule has 0 fully saturated rings. The van der Waals surface area contributed by atoms with Crippen molar-refractivity contribution >= 4 is 81.3 Å². The summed E-state index contributed by atoms with van der Waals surface area (Å²) in [5.41, 5.74) is 7.66. The number of rotatable bonds is 4. The van der Waals surface area contributed by atoms with Gasteiger partial charge in [0.1, 0.15) is 11.2 Å². The molecule has 9 aromatic rings. The first-order valence-electron chi connectivity index (χ1n) is 14.5. The lowest BCUT2D eigenvalue weighted by Gasteiger charge is -2.25. The van der Waals surface area contributed by atoms with E-state index in [4.69, 9.17) is 4.42 Å². The maximum atomic E-state index is 6.66. The number of para-hydroxylation sites is 2. The SMILES string of the molecule is c1ccc(-c2ccc(N(c3ccccc3)c3ccc4sc5c6ccccc6c6c7ccccc7oc6c5c4c3)cc2)cc1. The first-order valence-corrected chi connectivity index (χ1v) is 15.3. The molecule has 0 radical (unpaired) electrons. The summed E-state index contributed by atoms with van der Waals surface area (Å²) in [5, 5.41) is 7.28. The van der Waals surface area contributed by atoms with E-state index in [0.717, 1.165) is 33.6 Å². The second kappa shape index (κ2) is 9.59. The van der Waals surface area contributed by atoms with E-state index in [1.165, 1.54) is 47.5 Å². The van der Waals surface area contributed by atoms with Gasteiger partial charge in [-0.05, 0) is 65.0 Å². The first kappa shape index (κ1) is 24.2. The number of anilines is 3. The van der Waals surface area contributed by atoms with E-state index in [1.807, 2.05) is 11.3 Å². The van der Waals surface area contributed by atoms with Crippen LogP contribution in [0.25, 0.3) is 64.0 Å². The van der Waals surface area contributed by atoms with E-state index in [0.29, 0.717) is 0 Å². The second-order valence-corrected chi connectivity index (χ2v) is 12.0. The predicted molar refractivity (Wildman–Crippen MR) is 184 cm³/mol. The fourth-order valence-corrected chi connectivity index (χ4v) is 7.71. The molecule has 3 heteroatoms. The summed E-state index contributed by atoms with van der Waals surface area (Å²) in [4.78, 5) is 2.34. The summed E-state index contributed by atoms with van der Waals surface area (Å²) in [7, 11) is 0. The molecular formula is C40H25NOS. The van der Waals surface area contributed by atoms with E-state index in [9.17, 15) is 0 Å². The van der Waals surface area contributed by atoms with Gasteiger partial charge in [0.05, 0.1) is 0 Å². The van der Waals surface area contributed by atoms with Gasteiger partial charge in [-0.15, -0.1) is 11.3 Å². The molecule has 9 rings (SSSR count). The minimum atomic E-state index is 0.926. The Morgan fingerprint density at radius 3 is 1.84 bits per heavy atom. The molecule has 0 bridgehead atoms. The molecule has 7 aromatic carbocycles. The molecule has 43 heavy (non-hydrogen) atoms. The van der Waals surface area contributed by atoms with E-state index < -0.39 is 0 Å². The van der Waals surface area contributed by atoms with Gasteiger partial charge in [-0.25, -0.2) is 0 Å². The Bertz CT molecular complexity index is 2440. The van der Waals surface area contributed by atoms with Crippen LogP contribution in [0.3, 0.4) is 0 Å².